The highest BCUT2D eigenvalue weighted by Gasteiger charge is 2.23. The van der Waals surface area contributed by atoms with Crippen LogP contribution < -0.4 is 9.47 Å². The Labute approximate surface area is 131 Å². The monoisotopic (exact) mass is 307 g/mol. The van der Waals surface area contributed by atoms with E-state index in [1.165, 1.54) is 12.0 Å². The Morgan fingerprint density at radius 3 is 2.73 bits per heavy atom. The predicted molar refractivity (Wildman–Crippen MR) is 84.7 cm³/mol. The van der Waals surface area contributed by atoms with E-state index in [-0.39, 0.29) is 6.54 Å². The molecule has 1 aromatic carbocycles. The molecule has 0 radical (unpaired) electrons. The first-order valence-electron chi connectivity index (χ1n) is 7.80. The van der Waals surface area contributed by atoms with Gasteiger partial charge in [-0.3, -0.25) is 9.69 Å². The number of ether oxygens (including phenoxy) is 2. The van der Waals surface area contributed by atoms with Crippen LogP contribution in [-0.2, 0) is 11.2 Å². The molecule has 1 atom stereocenters. The van der Waals surface area contributed by atoms with Crippen molar-refractivity contribution in [2.75, 3.05) is 27.3 Å². The van der Waals surface area contributed by atoms with Crippen molar-refractivity contribution in [2.45, 2.75) is 38.1 Å². The molecule has 0 saturated carbocycles. The van der Waals surface area contributed by atoms with Crippen LogP contribution in [0.3, 0.4) is 0 Å². The van der Waals surface area contributed by atoms with Gasteiger partial charge < -0.3 is 14.6 Å². The zero-order chi connectivity index (χ0) is 15.9. The third-order valence-electron chi connectivity index (χ3n) is 4.30. The average Bonchev–Trinajstić information content (AvgIpc) is 2.53. The van der Waals surface area contributed by atoms with E-state index in [2.05, 4.69) is 4.90 Å². The number of piperidine rings is 1. The van der Waals surface area contributed by atoms with E-state index < -0.39 is 5.97 Å². The summed E-state index contributed by atoms with van der Waals surface area (Å²) in [6.07, 6.45) is 5.26. The largest absolute Gasteiger partial charge is 0.493 e. The quantitative estimate of drug-likeness (QED) is 0.839. The molecule has 22 heavy (non-hydrogen) atoms. The Bertz CT molecular complexity index is 503. The summed E-state index contributed by atoms with van der Waals surface area (Å²) in [6, 6.07) is 6.33. The smallest absolute Gasteiger partial charge is 0.317 e. The molecule has 0 aliphatic carbocycles. The number of benzene rings is 1. The van der Waals surface area contributed by atoms with Crippen LogP contribution in [0.4, 0.5) is 0 Å². The van der Waals surface area contributed by atoms with E-state index in [0.29, 0.717) is 6.04 Å². The van der Waals surface area contributed by atoms with Crippen LogP contribution in [0.25, 0.3) is 0 Å². The number of hydrogen-bond acceptors (Lipinski definition) is 4. The number of carbonyl (C=O) groups is 1. The molecule has 1 N–H and O–H groups in total. The van der Waals surface area contributed by atoms with Gasteiger partial charge in [-0.15, -0.1) is 0 Å². The third-order valence-corrected chi connectivity index (χ3v) is 4.30. The van der Waals surface area contributed by atoms with Gasteiger partial charge in [-0.2, -0.15) is 0 Å². The summed E-state index contributed by atoms with van der Waals surface area (Å²) in [5, 5.41) is 9.02. The van der Waals surface area contributed by atoms with Gasteiger partial charge in [0.05, 0.1) is 20.8 Å². The molecular formula is C17H25NO4. The standard InChI is InChI=1S/C17H25NO4/c1-21-15-9-7-13(11-16(15)22-2)6-8-14-5-3-4-10-18(14)12-17(19)20/h7,9,11,14H,3-6,8,10,12H2,1-2H3,(H,19,20)/t14-/m1/s1. The fourth-order valence-corrected chi connectivity index (χ4v) is 3.14. The molecule has 5 heteroatoms. The normalized spacial score (nSPS) is 18.9. The fraction of sp³-hybridized carbons (Fsp3) is 0.588. The van der Waals surface area contributed by atoms with Crippen LogP contribution in [0.2, 0.25) is 0 Å². The van der Waals surface area contributed by atoms with E-state index in [1.807, 2.05) is 18.2 Å². The molecule has 0 aromatic heterocycles. The van der Waals surface area contributed by atoms with Crippen LogP contribution in [-0.4, -0.2) is 49.3 Å². The number of nitrogens with zero attached hydrogens (tertiary/aromatic N) is 1. The van der Waals surface area contributed by atoms with Crippen LogP contribution >= 0.6 is 0 Å². The Morgan fingerprint density at radius 1 is 1.27 bits per heavy atom. The van der Waals surface area contributed by atoms with E-state index in [0.717, 1.165) is 43.7 Å². The second kappa shape index (κ2) is 8.03. The summed E-state index contributed by atoms with van der Waals surface area (Å²) in [4.78, 5) is 13.1. The highest BCUT2D eigenvalue weighted by molar-refractivity contribution is 5.69. The zero-order valence-corrected chi connectivity index (χ0v) is 13.4. The van der Waals surface area contributed by atoms with Crippen molar-refractivity contribution in [2.24, 2.45) is 0 Å². The zero-order valence-electron chi connectivity index (χ0n) is 13.4. The summed E-state index contributed by atoms with van der Waals surface area (Å²) in [5.74, 6) is 0.737. The Kier molecular flexibility index (Phi) is 6.07. The molecule has 1 fully saturated rings. The van der Waals surface area contributed by atoms with Gasteiger partial charge in [0.2, 0.25) is 0 Å². The number of carboxylic acids is 1. The lowest BCUT2D eigenvalue weighted by molar-refractivity contribution is -0.139. The maximum atomic E-state index is 11.0. The number of likely N-dealkylation sites (tertiary alicyclic amines) is 1. The lowest BCUT2D eigenvalue weighted by Gasteiger charge is -2.34. The minimum absolute atomic E-state index is 0.149. The van der Waals surface area contributed by atoms with Crippen molar-refractivity contribution < 1.29 is 19.4 Å². The minimum Gasteiger partial charge on any atom is -0.493 e. The van der Waals surface area contributed by atoms with Gasteiger partial charge in [0.1, 0.15) is 0 Å². The maximum Gasteiger partial charge on any atom is 0.317 e. The molecule has 0 spiro atoms. The molecule has 5 nitrogen and oxygen atoms in total. The maximum absolute atomic E-state index is 11.0. The number of hydrogen-bond donors (Lipinski definition) is 1. The summed E-state index contributed by atoms with van der Waals surface area (Å²) < 4.78 is 10.6. The van der Waals surface area contributed by atoms with E-state index in [1.54, 1.807) is 14.2 Å². The van der Waals surface area contributed by atoms with Crippen LogP contribution in [0.15, 0.2) is 18.2 Å². The molecule has 1 aliphatic rings. The molecule has 1 heterocycles. The minimum atomic E-state index is -0.738. The molecule has 1 aliphatic heterocycles. The average molecular weight is 307 g/mol. The molecule has 0 unspecified atom stereocenters. The summed E-state index contributed by atoms with van der Waals surface area (Å²) in [5.41, 5.74) is 1.19. The number of aliphatic carboxylic acids is 1. The van der Waals surface area contributed by atoms with Crippen LogP contribution in [0, 0.1) is 0 Å². The topological polar surface area (TPSA) is 59.0 Å². The SMILES string of the molecule is COc1ccc(CC[C@H]2CCCCN2CC(=O)O)cc1OC. The first kappa shape index (κ1) is 16.6. The predicted octanol–water partition coefficient (Wildman–Crippen LogP) is 2.58. The van der Waals surface area contributed by atoms with Crippen molar-refractivity contribution in [3.8, 4) is 11.5 Å². The van der Waals surface area contributed by atoms with Gasteiger partial charge in [-0.05, 0) is 49.9 Å². The number of methoxy groups -OCH3 is 2. The molecule has 0 amide bonds. The van der Waals surface area contributed by atoms with Crippen LogP contribution in [0.5, 0.6) is 11.5 Å². The van der Waals surface area contributed by atoms with E-state index >= 15 is 0 Å². The lowest BCUT2D eigenvalue weighted by Crippen LogP contribution is -2.42. The summed E-state index contributed by atoms with van der Waals surface area (Å²) in [7, 11) is 3.26. The van der Waals surface area contributed by atoms with Gasteiger partial charge in [-0.25, -0.2) is 0 Å². The molecule has 0 bridgehead atoms. The van der Waals surface area contributed by atoms with Gasteiger partial charge in [0.15, 0.2) is 11.5 Å². The molecule has 122 valence electrons. The molecule has 2 rings (SSSR count). The molecular weight excluding hydrogens is 282 g/mol. The van der Waals surface area contributed by atoms with Crippen molar-refractivity contribution in [1.82, 2.24) is 4.90 Å². The van der Waals surface area contributed by atoms with Crippen LogP contribution in [0.1, 0.15) is 31.2 Å². The first-order valence-corrected chi connectivity index (χ1v) is 7.80. The van der Waals surface area contributed by atoms with Crippen molar-refractivity contribution >= 4 is 5.97 Å². The highest BCUT2D eigenvalue weighted by atomic mass is 16.5. The van der Waals surface area contributed by atoms with Crippen molar-refractivity contribution in [3.63, 3.8) is 0 Å². The first-order chi connectivity index (χ1) is 10.6. The fourth-order valence-electron chi connectivity index (χ4n) is 3.14. The van der Waals surface area contributed by atoms with Gasteiger partial charge in [0, 0.05) is 6.04 Å². The van der Waals surface area contributed by atoms with E-state index in [9.17, 15) is 4.79 Å². The summed E-state index contributed by atoms with van der Waals surface area (Å²) >= 11 is 0. The summed E-state index contributed by atoms with van der Waals surface area (Å²) in [6.45, 7) is 1.04. The molecule has 1 saturated heterocycles. The Hall–Kier alpha value is -1.75. The second-order valence-electron chi connectivity index (χ2n) is 5.74. The van der Waals surface area contributed by atoms with Crippen molar-refractivity contribution in [1.29, 1.82) is 0 Å². The van der Waals surface area contributed by atoms with Crippen molar-refractivity contribution in [3.05, 3.63) is 23.8 Å². The number of aryl methyl sites for hydroxylation is 1. The Morgan fingerprint density at radius 2 is 2.05 bits per heavy atom. The van der Waals surface area contributed by atoms with Gasteiger partial charge >= 0.3 is 5.97 Å². The highest BCUT2D eigenvalue weighted by Crippen LogP contribution is 2.29. The lowest BCUT2D eigenvalue weighted by atomic mass is 9.95. The number of rotatable bonds is 7. The third kappa shape index (κ3) is 4.37. The van der Waals surface area contributed by atoms with Gasteiger partial charge in [-0.1, -0.05) is 12.5 Å². The number of carboxylic acid groups (broad SMARTS) is 1. The molecule has 1 aromatic rings. The Balaban J connectivity index is 1.97. The van der Waals surface area contributed by atoms with Gasteiger partial charge in [0.25, 0.3) is 0 Å². The second-order valence-corrected chi connectivity index (χ2v) is 5.74. The van der Waals surface area contributed by atoms with E-state index in [4.69, 9.17) is 14.6 Å².